The Balaban J connectivity index is 2.09. The van der Waals surface area contributed by atoms with E-state index in [1.54, 1.807) is 0 Å². The van der Waals surface area contributed by atoms with Crippen molar-refractivity contribution in [2.45, 2.75) is 18.3 Å². The van der Waals surface area contributed by atoms with Crippen molar-refractivity contribution in [3.8, 4) is 0 Å². The summed E-state index contributed by atoms with van der Waals surface area (Å²) in [5, 5.41) is 0. The van der Waals surface area contributed by atoms with Gasteiger partial charge in [-0.25, -0.2) is 0 Å². The van der Waals surface area contributed by atoms with Crippen LogP contribution < -0.4 is 0 Å². The fraction of sp³-hybridized carbons (Fsp3) is 0.385. The summed E-state index contributed by atoms with van der Waals surface area (Å²) in [4.78, 5) is 0. The van der Waals surface area contributed by atoms with Crippen LogP contribution >= 0.6 is 15.9 Å². The largest absolute Gasteiger partial charge is 0.381 e. The Kier molecular flexibility index (Phi) is 2.22. The second-order valence-corrected chi connectivity index (χ2v) is 5.25. The normalized spacial score (nSPS) is 21.9. The lowest BCUT2D eigenvalue weighted by Gasteiger charge is -2.33. The molecule has 1 spiro atoms. The summed E-state index contributed by atoms with van der Waals surface area (Å²) < 4.78 is 6.63. The first-order chi connectivity index (χ1) is 7.30. The van der Waals surface area contributed by atoms with Crippen LogP contribution in [-0.4, -0.2) is 13.2 Å². The quantitative estimate of drug-likeness (QED) is 0.697. The van der Waals surface area contributed by atoms with Gasteiger partial charge in [-0.15, -0.1) is 0 Å². The summed E-state index contributed by atoms with van der Waals surface area (Å²) in [6, 6.07) is 6.57. The number of fused-ring (bicyclic) bond motifs is 2. The second kappa shape index (κ2) is 3.46. The predicted molar refractivity (Wildman–Crippen MR) is 64.9 cm³/mol. The standard InChI is InChI=1S/C13H13BrO/c14-11-2-1-10-3-4-13(12(10)9-11)5-7-15-8-6-13/h1-4,9H,5-8H2. The van der Waals surface area contributed by atoms with E-state index in [0.717, 1.165) is 26.1 Å². The minimum atomic E-state index is 0.261. The van der Waals surface area contributed by atoms with Crippen molar-refractivity contribution in [2.24, 2.45) is 0 Å². The molecule has 0 saturated carbocycles. The number of benzene rings is 1. The molecular weight excluding hydrogens is 252 g/mol. The Morgan fingerprint density at radius 2 is 2.00 bits per heavy atom. The Labute approximate surface area is 98.3 Å². The van der Waals surface area contributed by atoms with Crippen molar-refractivity contribution in [1.29, 1.82) is 0 Å². The van der Waals surface area contributed by atoms with Crippen LogP contribution in [0.5, 0.6) is 0 Å². The van der Waals surface area contributed by atoms with E-state index in [1.165, 1.54) is 15.6 Å². The molecule has 0 bridgehead atoms. The van der Waals surface area contributed by atoms with E-state index in [9.17, 15) is 0 Å². The first-order valence-electron chi connectivity index (χ1n) is 5.37. The zero-order valence-corrected chi connectivity index (χ0v) is 10.1. The van der Waals surface area contributed by atoms with E-state index < -0.39 is 0 Å². The molecule has 0 unspecified atom stereocenters. The molecule has 1 saturated heterocycles. The molecule has 2 aliphatic rings. The molecule has 2 heteroatoms. The topological polar surface area (TPSA) is 9.23 Å². The number of hydrogen-bond acceptors (Lipinski definition) is 1. The van der Waals surface area contributed by atoms with Crippen LogP contribution in [0.4, 0.5) is 0 Å². The van der Waals surface area contributed by atoms with Crippen LogP contribution in [0.1, 0.15) is 24.0 Å². The van der Waals surface area contributed by atoms with Gasteiger partial charge in [0.2, 0.25) is 0 Å². The Hall–Kier alpha value is -0.600. The van der Waals surface area contributed by atoms with Gasteiger partial charge in [0.25, 0.3) is 0 Å². The summed E-state index contributed by atoms with van der Waals surface area (Å²) in [7, 11) is 0. The first-order valence-corrected chi connectivity index (χ1v) is 6.17. The van der Waals surface area contributed by atoms with Gasteiger partial charge in [-0.1, -0.05) is 34.1 Å². The Bertz CT molecular complexity index is 417. The van der Waals surface area contributed by atoms with Crippen molar-refractivity contribution in [2.75, 3.05) is 13.2 Å². The molecule has 0 aromatic heterocycles. The van der Waals surface area contributed by atoms with Crippen molar-refractivity contribution >= 4 is 22.0 Å². The zero-order chi connectivity index (χ0) is 10.3. The van der Waals surface area contributed by atoms with Crippen molar-refractivity contribution in [3.63, 3.8) is 0 Å². The van der Waals surface area contributed by atoms with Crippen LogP contribution in [0.2, 0.25) is 0 Å². The number of ether oxygens (including phenoxy) is 1. The number of rotatable bonds is 0. The van der Waals surface area contributed by atoms with Gasteiger partial charge >= 0.3 is 0 Å². The summed E-state index contributed by atoms with van der Waals surface area (Å²) in [5.41, 5.74) is 3.11. The molecule has 0 amide bonds. The molecule has 1 aliphatic heterocycles. The molecule has 1 aromatic carbocycles. The average molecular weight is 265 g/mol. The lowest BCUT2D eigenvalue weighted by atomic mass is 9.76. The molecule has 0 N–H and O–H groups in total. The van der Waals surface area contributed by atoms with Crippen molar-refractivity contribution < 1.29 is 4.74 Å². The molecular formula is C13H13BrO. The van der Waals surface area contributed by atoms with E-state index in [4.69, 9.17) is 4.74 Å². The van der Waals surface area contributed by atoms with Crippen LogP contribution in [0.15, 0.2) is 28.7 Å². The highest BCUT2D eigenvalue weighted by atomic mass is 79.9. The highest BCUT2D eigenvalue weighted by molar-refractivity contribution is 9.10. The number of hydrogen-bond donors (Lipinski definition) is 0. The molecule has 0 atom stereocenters. The van der Waals surface area contributed by atoms with Gasteiger partial charge in [0, 0.05) is 23.1 Å². The predicted octanol–water partition coefficient (Wildman–Crippen LogP) is 3.52. The third kappa shape index (κ3) is 1.47. The molecule has 1 aromatic rings. The lowest BCUT2D eigenvalue weighted by Crippen LogP contribution is -2.30. The molecule has 1 nitrogen and oxygen atoms in total. The maximum atomic E-state index is 5.46. The zero-order valence-electron chi connectivity index (χ0n) is 8.50. The number of allylic oxidation sites excluding steroid dienone is 1. The van der Waals surface area contributed by atoms with E-state index in [0.29, 0.717) is 0 Å². The highest BCUT2D eigenvalue weighted by Gasteiger charge is 2.36. The smallest absolute Gasteiger partial charge is 0.0477 e. The SMILES string of the molecule is Brc1ccc2c(c1)C1(C=C2)CCOCC1. The molecule has 78 valence electrons. The highest BCUT2D eigenvalue weighted by Crippen LogP contribution is 2.43. The molecule has 1 fully saturated rings. The van der Waals surface area contributed by atoms with Crippen molar-refractivity contribution in [1.82, 2.24) is 0 Å². The fourth-order valence-electron chi connectivity index (χ4n) is 2.62. The molecule has 15 heavy (non-hydrogen) atoms. The molecule has 0 radical (unpaired) electrons. The van der Waals surface area contributed by atoms with Crippen molar-refractivity contribution in [3.05, 3.63) is 39.9 Å². The van der Waals surface area contributed by atoms with Crippen LogP contribution in [0.25, 0.3) is 6.08 Å². The Morgan fingerprint density at radius 3 is 2.80 bits per heavy atom. The minimum Gasteiger partial charge on any atom is -0.381 e. The summed E-state index contributed by atoms with van der Waals surface area (Å²) in [5.74, 6) is 0. The summed E-state index contributed by atoms with van der Waals surface area (Å²) in [6.07, 6.45) is 6.86. The lowest BCUT2D eigenvalue weighted by molar-refractivity contribution is 0.0662. The molecule has 1 heterocycles. The van der Waals surface area contributed by atoms with Gasteiger partial charge in [-0.2, -0.15) is 0 Å². The average Bonchev–Trinajstić information content (AvgIpc) is 2.59. The first kappa shape index (κ1) is 9.61. The van der Waals surface area contributed by atoms with Crippen LogP contribution in [-0.2, 0) is 10.2 Å². The maximum Gasteiger partial charge on any atom is 0.0477 e. The minimum absolute atomic E-state index is 0.261. The van der Waals surface area contributed by atoms with Crippen LogP contribution in [0.3, 0.4) is 0 Å². The van der Waals surface area contributed by atoms with Gasteiger partial charge in [-0.3, -0.25) is 0 Å². The fourth-order valence-corrected chi connectivity index (χ4v) is 2.98. The monoisotopic (exact) mass is 264 g/mol. The van der Waals surface area contributed by atoms with Gasteiger partial charge in [-0.05, 0) is 36.1 Å². The second-order valence-electron chi connectivity index (χ2n) is 4.33. The van der Waals surface area contributed by atoms with E-state index >= 15 is 0 Å². The third-order valence-corrected chi connectivity index (χ3v) is 4.01. The van der Waals surface area contributed by atoms with E-state index in [2.05, 4.69) is 46.3 Å². The van der Waals surface area contributed by atoms with Crippen LogP contribution in [0, 0.1) is 0 Å². The van der Waals surface area contributed by atoms with Gasteiger partial charge < -0.3 is 4.74 Å². The summed E-state index contributed by atoms with van der Waals surface area (Å²) >= 11 is 3.56. The Morgan fingerprint density at radius 1 is 1.20 bits per heavy atom. The molecule has 1 aliphatic carbocycles. The maximum absolute atomic E-state index is 5.46. The van der Waals surface area contributed by atoms with Gasteiger partial charge in [0.05, 0.1) is 0 Å². The summed E-state index contributed by atoms with van der Waals surface area (Å²) in [6.45, 7) is 1.77. The third-order valence-electron chi connectivity index (χ3n) is 3.52. The molecule has 3 rings (SSSR count). The number of halogens is 1. The van der Waals surface area contributed by atoms with E-state index in [-0.39, 0.29) is 5.41 Å². The van der Waals surface area contributed by atoms with Gasteiger partial charge in [0.15, 0.2) is 0 Å². The van der Waals surface area contributed by atoms with E-state index in [1.807, 2.05) is 0 Å². The van der Waals surface area contributed by atoms with Gasteiger partial charge in [0.1, 0.15) is 0 Å².